The number of carbonyl (C=O) groups excluding carboxylic acids is 1. The third-order valence-corrected chi connectivity index (χ3v) is 7.93. The Kier molecular flexibility index (Phi) is 7.29. The molecule has 0 aliphatic carbocycles. The molecule has 1 amide bonds. The highest BCUT2D eigenvalue weighted by Crippen LogP contribution is 2.32. The molecule has 1 aromatic heterocycles. The highest BCUT2D eigenvalue weighted by atomic mass is 35.5. The first-order valence-electron chi connectivity index (χ1n) is 10.8. The van der Waals surface area contributed by atoms with Crippen LogP contribution in [0.5, 0.6) is 11.5 Å². The Balaban J connectivity index is 1.48. The molecule has 2 aromatic carbocycles. The summed E-state index contributed by atoms with van der Waals surface area (Å²) in [4.78, 5) is 14.7. The normalized spacial score (nSPS) is 16.3. The van der Waals surface area contributed by atoms with Crippen molar-refractivity contribution in [1.29, 1.82) is 0 Å². The molecule has 0 radical (unpaired) electrons. The first-order valence-corrected chi connectivity index (χ1v) is 12.6. The summed E-state index contributed by atoms with van der Waals surface area (Å²) in [5.74, 6) is 1.22. The summed E-state index contributed by atoms with van der Waals surface area (Å²) in [6, 6.07) is 10.3. The van der Waals surface area contributed by atoms with Gasteiger partial charge in [0.05, 0.1) is 25.7 Å². The van der Waals surface area contributed by atoms with Crippen LogP contribution in [0.15, 0.2) is 51.8 Å². The van der Waals surface area contributed by atoms with Gasteiger partial charge < -0.3 is 18.8 Å². The average molecular weight is 521 g/mol. The van der Waals surface area contributed by atoms with Crippen LogP contribution < -0.4 is 9.47 Å². The zero-order valence-corrected chi connectivity index (χ0v) is 21.0. The van der Waals surface area contributed by atoms with Crippen LogP contribution in [0, 0.1) is 0 Å². The lowest BCUT2D eigenvalue weighted by Gasteiger charge is -2.26. The van der Waals surface area contributed by atoms with E-state index in [1.807, 2.05) is 0 Å². The van der Waals surface area contributed by atoms with Gasteiger partial charge >= 0.3 is 0 Å². The monoisotopic (exact) mass is 520 g/mol. The lowest BCUT2D eigenvalue weighted by Crippen LogP contribution is -2.46. The van der Waals surface area contributed by atoms with Gasteiger partial charge in [0, 0.05) is 24.2 Å². The Morgan fingerprint density at radius 2 is 1.86 bits per heavy atom. The van der Waals surface area contributed by atoms with Gasteiger partial charge in [-0.3, -0.25) is 4.79 Å². The van der Waals surface area contributed by atoms with Crippen LogP contribution in [0.3, 0.4) is 0 Å². The predicted octanol–water partition coefficient (Wildman–Crippen LogP) is 3.22. The van der Waals surface area contributed by atoms with Crippen molar-refractivity contribution in [3.63, 3.8) is 0 Å². The number of rotatable bonds is 8. The summed E-state index contributed by atoms with van der Waals surface area (Å²) >= 11 is 5.89. The van der Waals surface area contributed by atoms with E-state index in [0.717, 1.165) is 0 Å². The lowest BCUT2D eigenvalue weighted by atomic mass is 10.2. The first kappa shape index (κ1) is 25.0. The van der Waals surface area contributed by atoms with Gasteiger partial charge in [0.15, 0.2) is 11.5 Å². The standard InChI is InChI=1S/C23H25ClN4O6S/c1-27(14-21-25-26-22(34-21)15-6-11-19(32-2)20(13-15)33-3)23(29)18-5-4-12-28(18)35(30,31)17-9-7-16(24)8-10-17/h6-11,13,18H,4-5,12,14H2,1-3H3/t18-/m0/s1. The molecule has 12 heteroatoms. The van der Waals surface area contributed by atoms with Gasteiger partial charge in [-0.25, -0.2) is 8.42 Å². The molecule has 2 heterocycles. The quantitative estimate of drug-likeness (QED) is 0.444. The van der Waals surface area contributed by atoms with Gasteiger partial charge in [-0.15, -0.1) is 10.2 Å². The van der Waals surface area contributed by atoms with Crippen LogP contribution in [0.25, 0.3) is 11.5 Å². The smallest absolute Gasteiger partial charge is 0.247 e. The van der Waals surface area contributed by atoms with Crippen LogP contribution in [0.4, 0.5) is 0 Å². The highest BCUT2D eigenvalue weighted by molar-refractivity contribution is 7.89. The summed E-state index contributed by atoms with van der Waals surface area (Å²) in [6.45, 7) is 0.295. The van der Waals surface area contributed by atoms with Crippen molar-refractivity contribution in [3.8, 4) is 23.0 Å². The van der Waals surface area contributed by atoms with Crippen molar-refractivity contribution in [3.05, 3.63) is 53.4 Å². The van der Waals surface area contributed by atoms with E-state index in [2.05, 4.69) is 10.2 Å². The van der Waals surface area contributed by atoms with Crippen molar-refractivity contribution >= 4 is 27.5 Å². The second-order valence-corrected chi connectivity index (χ2v) is 10.3. The van der Waals surface area contributed by atoms with Crippen LogP contribution in [0.1, 0.15) is 18.7 Å². The summed E-state index contributed by atoms with van der Waals surface area (Å²) in [6.07, 6.45) is 1.01. The number of methoxy groups -OCH3 is 2. The topological polar surface area (TPSA) is 115 Å². The molecule has 0 saturated carbocycles. The van der Waals surface area contributed by atoms with E-state index < -0.39 is 16.1 Å². The highest BCUT2D eigenvalue weighted by Gasteiger charge is 2.40. The Labute approximate surface area is 208 Å². The summed E-state index contributed by atoms with van der Waals surface area (Å²) < 4.78 is 43.8. The van der Waals surface area contributed by atoms with Gasteiger partial charge in [0.25, 0.3) is 0 Å². The molecule has 0 spiro atoms. The Morgan fingerprint density at radius 1 is 1.14 bits per heavy atom. The molecule has 0 bridgehead atoms. The Bertz CT molecular complexity index is 1310. The maximum absolute atomic E-state index is 13.2. The third kappa shape index (κ3) is 5.12. The molecule has 0 unspecified atom stereocenters. The van der Waals surface area contributed by atoms with Crippen molar-refractivity contribution in [2.75, 3.05) is 27.8 Å². The number of hydrogen-bond donors (Lipinski definition) is 0. The molecule has 1 aliphatic rings. The third-order valence-electron chi connectivity index (χ3n) is 5.75. The summed E-state index contributed by atoms with van der Waals surface area (Å²) in [5, 5.41) is 8.53. The molecule has 1 fully saturated rings. The number of benzene rings is 2. The van der Waals surface area contributed by atoms with Crippen molar-refractivity contribution in [2.24, 2.45) is 0 Å². The molecule has 186 valence electrons. The number of aromatic nitrogens is 2. The fourth-order valence-electron chi connectivity index (χ4n) is 3.96. The molecule has 10 nitrogen and oxygen atoms in total. The minimum atomic E-state index is -3.85. The number of amides is 1. The molecular weight excluding hydrogens is 496 g/mol. The van der Waals surface area contributed by atoms with E-state index in [1.165, 1.54) is 40.6 Å². The zero-order chi connectivity index (χ0) is 25.2. The molecule has 4 rings (SSSR count). The lowest BCUT2D eigenvalue weighted by molar-refractivity contribution is -0.134. The molecule has 35 heavy (non-hydrogen) atoms. The fraction of sp³-hybridized carbons (Fsp3) is 0.348. The van der Waals surface area contributed by atoms with Crippen molar-refractivity contribution in [1.82, 2.24) is 19.4 Å². The van der Waals surface area contributed by atoms with Crippen LogP contribution in [-0.4, -0.2) is 67.6 Å². The minimum absolute atomic E-state index is 0.0322. The molecule has 0 N–H and O–H groups in total. The largest absolute Gasteiger partial charge is 0.493 e. The Morgan fingerprint density at radius 3 is 2.54 bits per heavy atom. The Hall–Kier alpha value is -3.15. The molecular formula is C23H25ClN4O6S. The number of sulfonamides is 1. The van der Waals surface area contributed by atoms with Crippen LogP contribution in [0.2, 0.25) is 5.02 Å². The fourth-order valence-corrected chi connectivity index (χ4v) is 5.73. The SMILES string of the molecule is COc1ccc(-c2nnc(CN(C)C(=O)[C@@H]3CCCN3S(=O)(=O)c3ccc(Cl)cc3)o2)cc1OC. The van der Waals surface area contributed by atoms with E-state index in [9.17, 15) is 13.2 Å². The second kappa shape index (κ2) is 10.2. The van der Waals surface area contributed by atoms with Gasteiger partial charge in [-0.05, 0) is 55.3 Å². The molecule has 1 saturated heterocycles. The van der Waals surface area contributed by atoms with Gasteiger partial charge in [0.1, 0.15) is 6.04 Å². The summed E-state index contributed by atoms with van der Waals surface area (Å²) in [7, 11) is 0.802. The number of hydrogen-bond acceptors (Lipinski definition) is 8. The van der Waals surface area contributed by atoms with Gasteiger partial charge in [-0.1, -0.05) is 11.6 Å². The number of nitrogens with zero attached hydrogens (tertiary/aromatic N) is 4. The summed E-state index contributed by atoms with van der Waals surface area (Å²) in [5.41, 5.74) is 0.631. The van der Waals surface area contributed by atoms with Crippen LogP contribution in [-0.2, 0) is 21.4 Å². The van der Waals surface area contributed by atoms with Gasteiger partial charge in [0.2, 0.25) is 27.7 Å². The molecule has 1 aliphatic heterocycles. The molecule has 1 atom stereocenters. The maximum atomic E-state index is 13.2. The predicted molar refractivity (Wildman–Crippen MR) is 128 cm³/mol. The van der Waals surface area contributed by atoms with E-state index in [0.29, 0.717) is 34.9 Å². The first-order chi connectivity index (χ1) is 16.7. The maximum Gasteiger partial charge on any atom is 0.247 e. The zero-order valence-electron chi connectivity index (χ0n) is 19.5. The van der Waals surface area contributed by atoms with Crippen LogP contribution >= 0.6 is 11.6 Å². The van der Waals surface area contributed by atoms with E-state index in [-0.39, 0.29) is 35.7 Å². The minimum Gasteiger partial charge on any atom is -0.493 e. The van der Waals surface area contributed by atoms with E-state index in [1.54, 1.807) is 32.4 Å². The number of halogens is 1. The second-order valence-electron chi connectivity index (χ2n) is 7.99. The van der Waals surface area contributed by atoms with Crippen molar-refractivity contribution < 1.29 is 27.1 Å². The molecule has 3 aromatic rings. The van der Waals surface area contributed by atoms with Crippen molar-refractivity contribution in [2.45, 2.75) is 30.3 Å². The number of likely N-dealkylation sites (N-methyl/N-ethyl adjacent to an activating group) is 1. The van der Waals surface area contributed by atoms with E-state index >= 15 is 0 Å². The van der Waals surface area contributed by atoms with E-state index in [4.69, 9.17) is 25.5 Å². The van der Waals surface area contributed by atoms with Gasteiger partial charge in [-0.2, -0.15) is 4.31 Å². The number of carbonyl (C=O) groups is 1. The average Bonchev–Trinajstić information content (AvgIpc) is 3.54. The number of ether oxygens (including phenoxy) is 2.